The van der Waals surface area contributed by atoms with E-state index < -0.39 is 0 Å². The Morgan fingerprint density at radius 2 is 1.94 bits per heavy atom. The Balaban J connectivity index is 1.99. The van der Waals surface area contributed by atoms with Crippen molar-refractivity contribution in [2.75, 3.05) is 0 Å². The summed E-state index contributed by atoms with van der Waals surface area (Å²) in [6.07, 6.45) is 1.71. The summed E-state index contributed by atoms with van der Waals surface area (Å²) in [5, 5.41) is 2.02. The second kappa shape index (κ2) is 4.38. The van der Waals surface area contributed by atoms with Crippen LogP contribution in [0, 0.1) is 12.7 Å². The van der Waals surface area contributed by atoms with Crippen molar-refractivity contribution in [2.45, 2.75) is 6.92 Å². The molecule has 18 heavy (non-hydrogen) atoms. The van der Waals surface area contributed by atoms with E-state index in [1.54, 1.807) is 29.7 Å². The summed E-state index contributed by atoms with van der Waals surface area (Å²) in [6.45, 7) is 2.03. The molecule has 1 aromatic carbocycles. The quantitative estimate of drug-likeness (QED) is 0.676. The van der Waals surface area contributed by atoms with E-state index in [-0.39, 0.29) is 5.82 Å². The van der Waals surface area contributed by atoms with Crippen molar-refractivity contribution in [3.8, 4) is 22.1 Å². The molecular weight excluding hydrogens is 249 g/mol. The number of thiophene rings is 1. The predicted octanol–water partition coefficient (Wildman–Crippen LogP) is 4.52. The van der Waals surface area contributed by atoms with Gasteiger partial charge in [0, 0.05) is 5.56 Å². The molecule has 0 N–H and O–H groups in total. The Kier molecular flexibility index (Phi) is 2.72. The first-order valence-corrected chi connectivity index (χ1v) is 6.38. The van der Waals surface area contributed by atoms with Gasteiger partial charge in [-0.15, -0.1) is 11.3 Å². The van der Waals surface area contributed by atoms with E-state index in [1.807, 2.05) is 18.4 Å². The SMILES string of the molecule is Cc1ccsc1-c1cnc(-c2ccc(F)cc2)o1. The summed E-state index contributed by atoms with van der Waals surface area (Å²) in [4.78, 5) is 5.31. The monoisotopic (exact) mass is 259 g/mol. The number of benzene rings is 1. The van der Waals surface area contributed by atoms with Crippen LogP contribution in [0.5, 0.6) is 0 Å². The number of aryl methyl sites for hydroxylation is 1. The second-order valence-corrected chi connectivity index (χ2v) is 4.89. The molecule has 0 amide bonds. The van der Waals surface area contributed by atoms with Gasteiger partial charge in [-0.05, 0) is 48.2 Å². The minimum atomic E-state index is -0.264. The molecule has 0 aliphatic rings. The highest BCUT2D eigenvalue weighted by atomic mass is 32.1. The third kappa shape index (κ3) is 1.95. The Hall–Kier alpha value is -1.94. The molecule has 0 radical (unpaired) electrons. The molecule has 2 heterocycles. The van der Waals surface area contributed by atoms with Gasteiger partial charge in [-0.3, -0.25) is 0 Å². The van der Waals surface area contributed by atoms with E-state index in [0.717, 1.165) is 16.2 Å². The standard InChI is InChI=1S/C14H10FNOS/c1-9-6-7-18-13(9)12-8-16-14(17-12)10-2-4-11(15)5-3-10/h2-8H,1H3. The van der Waals surface area contributed by atoms with Crippen molar-refractivity contribution in [1.29, 1.82) is 0 Å². The summed E-state index contributed by atoms with van der Waals surface area (Å²) < 4.78 is 18.5. The Labute approximate surface area is 108 Å². The van der Waals surface area contributed by atoms with Crippen LogP contribution in [0.2, 0.25) is 0 Å². The number of aromatic nitrogens is 1. The van der Waals surface area contributed by atoms with Crippen LogP contribution in [0.15, 0.2) is 46.3 Å². The maximum absolute atomic E-state index is 12.8. The average molecular weight is 259 g/mol. The van der Waals surface area contributed by atoms with E-state index >= 15 is 0 Å². The van der Waals surface area contributed by atoms with Gasteiger partial charge in [0.2, 0.25) is 5.89 Å². The minimum Gasteiger partial charge on any atom is -0.435 e. The topological polar surface area (TPSA) is 26.0 Å². The second-order valence-electron chi connectivity index (χ2n) is 3.97. The molecule has 3 rings (SSSR count). The molecule has 0 unspecified atom stereocenters. The van der Waals surface area contributed by atoms with Crippen LogP contribution in [0.3, 0.4) is 0 Å². The van der Waals surface area contributed by atoms with E-state index in [0.29, 0.717) is 5.89 Å². The van der Waals surface area contributed by atoms with Gasteiger partial charge in [-0.25, -0.2) is 9.37 Å². The van der Waals surface area contributed by atoms with Crippen LogP contribution >= 0.6 is 11.3 Å². The van der Waals surface area contributed by atoms with Gasteiger partial charge in [0.1, 0.15) is 5.82 Å². The van der Waals surface area contributed by atoms with Crippen LogP contribution in [0.25, 0.3) is 22.1 Å². The highest BCUT2D eigenvalue weighted by Crippen LogP contribution is 2.31. The van der Waals surface area contributed by atoms with Crippen LogP contribution in [-0.2, 0) is 0 Å². The summed E-state index contributed by atoms with van der Waals surface area (Å²) >= 11 is 1.62. The highest BCUT2D eigenvalue weighted by molar-refractivity contribution is 7.13. The molecule has 0 bridgehead atoms. The van der Waals surface area contributed by atoms with Crippen LogP contribution < -0.4 is 0 Å². The predicted molar refractivity (Wildman–Crippen MR) is 69.9 cm³/mol. The first-order valence-electron chi connectivity index (χ1n) is 5.50. The average Bonchev–Trinajstić information content (AvgIpc) is 2.98. The molecule has 0 aliphatic carbocycles. The summed E-state index contributed by atoms with van der Waals surface area (Å²) in [7, 11) is 0. The van der Waals surface area contributed by atoms with Crippen molar-refractivity contribution < 1.29 is 8.81 Å². The fourth-order valence-electron chi connectivity index (χ4n) is 1.73. The first kappa shape index (κ1) is 11.2. The third-order valence-corrected chi connectivity index (χ3v) is 3.71. The van der Waals surface area contributed by atoms with Crippen molar-refractivity contribution in [2.24, 2.45) is 0 Å². The van der Waals surface area contributed by atoms with E-state index in [2.05, 4.69) is 4.98 Å². The van der Waals surface area contributed by atoms with Crippen LogP contribution in [0.4, 0.5) is 4.39 Å². The Morgan fingerprint density at radius 3 is 2.61 bits per heavy atom. The zero-order chi connectivity index (χ0) is 12.5. The van der Waals surface area contributed by atoms with Crippen molar-refractivity contribution in [3.63, 3.8) is 0 Å². The number of rotatable bonds is 2. The van der Waals surface area contributed by atoms with Gasteiger partial charge in [-0.2, -0.15) is 0 Å². The fraction of sp³-hybridized carbons (Fsp3) is 0.0714. The smallest absolute Gasteiger partial charge is 0.226 e. The third-order valence-electron chi connectivity index (χ3n) is 2.68. The molecule has 0 fully saturated rings. The van der Waals surface area contributed by atoms with E-state index in [4.69, 9.17) is 4.42 Å². The van der Waals surface area contributed by atoms with Gasteiger partial charge in [0.25, 0.3) is 0 Å². The molecule has 4 heteroatoms. The Morgan fingerprint density at radius 1 is 1.17 bits per heavy atom. The summed E-state index contributed by atoms with van der Waals surface area (Å²) in [6, 6.07) is 8.16. The van der Waals surface area contributed by atoms with Crippen LogP contribution in [0.1, 0.15) is 5.56 Å². The van der Waals surface area contributed by atoms with Crippen LogP contribution in [-0.4, -0.2) is 4.98 Å². The lowest BCUT2D eigenvalue weighted by molar-refractivity contribution is 0.589. The molecule has 0 aliphatic heterocycles. The molecule has 0 spiro atoms. The molecule has 0 saturated carbocycles. The highest BCUT2D eigenvalue weighted by Gasteiger charge is 2.11. The van der Waals surface area contributed by atoms with Crippen molar-refractivity contribution >= 4 is 11.3 Å². The summed E-state index contributed by atoms with van der Waals surface area (Å²) in [5.41, 5.74) is 1.94. The lowest BCUT2D eigenvalue weighted by atomic mass is 10.2. The van der Waals surface area contributed by atoms with Gasteiger partial charge in [0.05, 0.1) is 11.1 Å². The van der Waals surface area contributed by atoms with E-state index in [9.17, 15) is 4.39 Å². The van der Waals surface area contributed by atoms with Crippen molar-refractivity contribution in [1.82, 2.24) is 4.98 Å². The normalized spacial score (nSPS) is 10.8. The number of hydrogen-bond acceptors (Lipinski definition) is 3. The largest absolute Gasteiger partial charge is 0.435 e. The Bertz CT molecular complexity index is 669. The first-order chi connectivity index (χ1) is 8.74. The number of oxazole rings is 1. The van der Waals surface area contributed by atoms with Crippen molar-refractivity contribution in [3.05, 3.63) is 53.3 Å². The number of nitrogens with zero attached hydrogens (tertiary/aromatic N) is 1. The zero-order valence-electron chi connectivity index (χ0n) is 9.68. The molecule has 2 nitrogen and oxygen atoms in total. The molecule has 2 aromatic heterocycles. The molecular formula is C14H10FNOS. The minimum absolute atomic E-state index is 0.264. The molecule has 0 saturated heterocycles. The molecule has 0 atom stereocenters. The number of halogens is 1. The lowest BCUT2D eigenvalue weighted by Crippen LogP contribution is -1.77. The maximum Gasteiger partial charge on any atom is 0.226 e. The van der Waals surface area contributed by atoms with Gasteiger partial charge >= 0.3 is 0 Å². The fourth-order valence-corrected chi connectivity index (χ4v) is 2.60. The van der Waals surface area contributed by atoms with Gasteiger partial charge in [-0.1, -0.05) is 0 Å². The molecule has 90 valence electrons. The van der Waals surface area contributed by atoms with E-state index in [1.165, 1.54) is 17.7 Å². The van der Waals surface area contributed by atoms with Gasteiger partial charge in [0.15, 0.2) is 5.76 Å². The van der Waals surface area contributed by atoms with Gasteiger partial charge < -0.3 is 4.42 Å². The lowest BCUT2D eigenvalue weighted by Gasteiger charge is -1.95. The molecule has 3 aromatic rings. The summed E-state index contributed by atoms with van der Waals surface area (Å²) in [5.74, 6) is 0.999. The maximum atomic E-state index is 12.8. The number of hydrogen-bond donors (Lipinski definition) is 0. The zero-order valence-corrected chi connectivity index (χ0v) is 10.5.